The number of nitrogens with one attached hydrogen (secondary N) is 2. The Balaban J connectivity index is 1.84. The molecule has 2 aromatic carbocycles. The van der Waals surface area contributed by atoms with Crippen LogP contribution in [0.5, 0.6) is 0 Å². The lowest BCUT2D eigenvalue weighted by Gasteiger charge is -2.21. The van der Waals surface area contributed by atoms with Crippen molar-refractivity contribution in [1.29, 1.82) is 0 Å². The number of halogens is 1. The maximum atomic E-state index is 14.2. The van der Waals surface area contributed by atoms with Crippen LogP contribution in [0.4, 0.5) is 15.8 Å². The van der Waals surface area contributed by atoms with Crippen molar-refractivity contribution in [3.8, 4) is 0 Å². The van der Waals surface area contributed by atoms with Gasteiger partial charge in [0.15, 0.2) is 0 Å². The van der Waals surface area contributed by atoms with Gasteiger partial charge in [-0.3, -0.25) is 9.59 Å². The van der Waals surface area contributed by atoms with E-state index in [-0.39, 0.29) is 28.7 Å². The Morgan fingerprint density at radius 2 is 1.78 bits per heavy atom. The number of nitrogens with zero attached hydrogens (tertiary/aromatic N) is 1. The first-order valence-corrected chi connectivity index (χ1v) is 11.1. The van der Waals surface area contributed by atoms with E-state index in [1.807, 2.05) is 6.92 Å². The predicted molar refractivity (Wildman–Crippen MR) is 117 cm³/mol. The zero-order valence-electron chi connectivity index (χ0n) is 17.5. The van der Waals surface area contributed by atoms with E-state index in [0.717, 1.165) is 15.9 Å². The molecule has 0 radical (unpaired) electrons. The van der Waals surface area contributed by atoms with E-state index < -0.39 is 28.3 Å². The number of amides is 2. The lowest BCUT2D eigenvalue weighted by Crippen LogP contribution is -2.37. The van der Waals surface area contributed by atoms with Crippen LogP contribution in [0.25, 0.3) is 0 Å². The normalized spacial score (nSPS) is 11.4. The molecule has 0 fully saturated rings. The Hall–Kier alpha value is -3.50. The smallest absolute Gasteiger partial charge is 0.243 e. The average Bonchev–Trinajstić information content (AvgIpc) is 3.23. The molecule has 0 atom stereocenters. The molecule has 32 heavy (non-hydrogen) atoms. The predicted octanol–water partition coefficient (Wildman–Crippen LogP) is 3.52. The second-order valence-electron chi connectivity index (χ2n) is 7.09. The topological polar surface area (TPSA) is 109 Å². The molecule has 3 rings (SSSR count). The van der Waals surface area contributed by atoms with E-state index in [2.05, 4.69) is 10.6 Å². The molecule has 0 bridgehead atoms. The number of furan rings is 1. The Morgan fingerprint density at radius 1 is 1.06 bits per heavy atom. The fourth-order valence-corrected chi connectivity index (χ4v) is 4.28. The first-order valence-electron chi connectivity index (χ1n) is 9.61. The van der Waals surface area contributed by atoms with Gasteiger partial charge in [-0.05, 0) is 49.4 Å². The minimum Gasteiger partial charge on any atom is -0.468 e. The number of rotatable bonds is 8. The second kappa shape index (κ2) is 9.75. The molecule has 2 amide bonds. The van der Waals surface area contributed by atoms with Crippen molar-refractivity contribution in [3.05, 3.63) is 78.0 Å². The van der Waals surface area contributed by atoms with Crippen LogP contribution in [0.15, 0.2) is 70.2 Å². The van der Waals surface area contributed by atoms with E-state index in [1.165, 1.54) is 37.5 Å². The largest absolute Gasteiger partial charge is 0.468 e. The molecule has 0 saturated carbocycles. The molecule has 0 aliphatic carbocycles. The van der Waals surface area contributed by atoms with Gasteiger partial charge in [-0.25, -0.2) is 12.8 Å². The summed E-state index contributed by atoms with van der Waals surface area (Å²) in [5.41, 5.74) is 0.981. The third-order valence-electron chi connectivity index (χ3n) is 4.45. The zero-order valence-corrected chi connectivity index (χ0v) is 18.3. The number of benzene rings is 2. The molecular formula is C22H22FN3O5S. The summed E-state index contributed by atoms with van der Waals surface area (Å²) in [6.45, 7) is 2.35. The summed E-state index contributed by atoms with van der Waals surface area (Å²) in [6.07, 6.45) is 1.40. The highest BCUT2D eigenvalue weighted by molar-refractivity contribution is 7.89. The number of carbonyl (C=O) groups is 2. The van der Waals surface area contributed by atoms with Crippen molar-refractivity contribution in [2.24, 2.45) is 0 Å². The number of carbonyl (C=O) groups excluding carboxylic acids is 2. The molecule has 1 aromatic heterocycles. The number of hydrogen-bond acceptors (Lipinski definition) is 5. The fourth-order valence-electron chi connectivity index (χ4n) is 2.91. The number of sulfonamides is 1. The SMILES string of the molecule is CC(=O)Nc1ccc(F)c(NC(=O)CN(Cc2ccco2)S(=O)(=O)c2ccc(C)cc2)c1. The maximum Gasteiger partial charge on any atom is 0.243 e. The van der Waals surface area contributed by atoms with Crippen LogP contribution in [0.3, 0.4) is 0 Å². The van der Waals surface area contributed by atoms with Crippen molar-refractivity contribution in [3.63, 3.8) is 0 Å². The van der Waals surface area contributed by atoms with E-state index in [4.69, 9.17) is 4.42 Å². The average molecular weight is 459 g/mol. The third kappa shape index (κ3) is 5.80. The molecule has 0 unspecified atom stereocenters. The van der Waals surface area contributed by atoms with E-state index in [0.29, 0.717) is 5.76 Å². The van der Waals surface area contributed by atoms with Gasteiger partial charge in [0.25, 0.3) is 0 Å². The van der Waals surface area contributed by atoms with E-state index >= 15 is 0 Å². The van der Waals surface area contributed by atoms with Crippen molar-refractivity contribution >= 4 is 33.2 Å². The zero-order chi connectivity index (χ0) is 23.3. The minimum absolute atomic E-state index is 0.0151. The van der Waals surface area contributed by atoms with Gasteiger partial charge in [0, 0.05) is 12.6 Å². The fraction of sp³-hybridized carbons (Fsp3) is 0.182. The minimum atomic E-state index is -4.05. The maximum absolute atomic E-state index is 14.2. The van der Waals surface area contributed by atoms with Gasteiger partial charge in [-0.15, -0.1) is 0 Å². The summed E-state index contributed by atoms with van der Waals surface area (Å²) in [7, 11) is -4.05. The van der Waals surface area contributed by atoms with Crippen LogP contribution in [0.2, 0.25) is 0 Å². The lowest BCUT2D eigenvalue weighted by atomic mass is 10.2. The van der Waals surface area contributed by atoms with Crippen LogP contribution < -0.4 is 10.6 Å². The molecule has 0 spiro atoms. The van der Waals surface area contributed by atoms with E-state index in [1.54, 1.807) is 24.3 Å². The number of aryl methyl sites for hydroxylation is 1. The summed E-state index contributed by atoms with van der Waals surface area (Å²) in [5, 5.41) is 4.86. The number of anilines is 2. The Labute approximate surface area is 185 Å². The van der Waals surface area contributed by atoms with Crippen molar-refractivity contribution < 1.29 is 26.8 Å². The first-order chi connectivity index (χ1) is 15.1. The molecule has 0 aliphatic heterocycles. The molecule has 168 valence electrons. The first kappa shape index (κ1) is 23.2. The Kier molecular flexibility index (Phi) is 7.06. The van der Waals surface area contributed by atoms with Crippen LogP contribution in [0.1, 0.15) is 18.2 Å². The second-order valence-corrected chi connectivity index (χ2v) is 9.03. The van der Waals surface area contributed by atoms with Crippen molar-refractivity contribution in [2.45, 2.75) is 25.3 Å². The monoisotopic (exact) mass is 459 g/mol. The molecule has 0 aliphatic rings. The van der Waals surface area contributed by atoms with Crippen molar-refractivity contribution in [2.75, 3.05) is 17.2 Å². The van der Waals surface area contributed by atoms with Crippen molar-refractivity contribution in [1.82, 2.24) is 4.31 Å². The van der Waals surface area contributed by atoms with Gasteiger partial charge in [0.2, 0.25) is 21.8 Å². The van der Waals surface area contributed by atoms with Gasteiger partial charge >= 0.3 is 0 Å². The highest BCUT2D eigenvalue weighted by Crippen LogP contribution is 2.22. The Morgan fingerprint density at radius 3 is 2.41 bits per heavy atom. The Bertz CT molecular complexity index is 1210. The standard InChI is InChI=1S/C22H22FN3O5S/c1-15-5-8-19(9-6-15)32(29,30)26(13-18-4-3-11-31-18)14-22(28)25-21-12-17(24-16(2)27)7-10-20(21)23/h3-12H,13-14H2,1-2H3,(H,24,27)(H,25,28). The van der Waals surface area contributed by atoms with Gasteiger partial charge < -0.3 is 15.1 Å². The summed E-state index contributed by atoms with van der Waals surface area (Å²) in [6, 6.07) is 13.1. The molecule has 0 saturated heterocycles. The quantitative estimate of drug-likeness (QED) is 0.536. The summed E-state index contributed by atoms with van der Waals surface area (Å²) >= 11 is 0. The molecule has 2 N–H and O–H groups in total. The summed E-state index contributed by atoms with van der Waals surface area (Å²) < 4.78 is 46.7. The van der Waals surface area contributed by atoms with Gasteiger partial charge in [-0.1, -0.05) is 17.7 Å². The molecular weight excluding hydrogens is 437 g/mol. The molecule has 10 heteroatoms. The van der Waals surface area contributed by atoms with Gasteiger partial charge in [0.05, 0.1) is 29.9 Å². The summed E-state index contributed by atoms with van der Waals surface area (Å²) in [5.74, 6) is -1.51. The van der Waals surface area contributed by atoms with Crippen LogP contribution >= 0.6 is 0 Å². The van der Waals surface area contributed by atoms with Gasteiger partial charge in [-0.2, -0.15) is 4.31 Å². The van der Waals surface area contributed by atoms with Crippen LogP contribution in [0, 0.1) is 12.7 Å². The molecule has 3 aromatic rings. The van der Waals surface area contributed by atoms with Gasteiger partial charge in [0.1, 0.15) is 11.6 Å². The lowest BCUT2D eigenvalue weighted by molar-refractivity contribution is -0.116. The molecule has 8 nitrogen and oxygen atoms in total. The highest BCUT2D eigenvalue weighted by Gasteiger charge is 2.28. The van der Waals surface area contributed by atoms with Crippen LogP contribution in [-0.4, -0.2) is 31.1 Å². The van der Waals surface area contributed by atoms with Crippen LogP contribution in [-0.2, 0) is 26.2 Å². The highest BCUT2D eigenvalue weighted by atomic mass is 32.2. The van der Waals surface area contributed by atoms with E-state index in [9.17, 15) is 22.4 Å². The molecule has 1 heterocycles. The number of hydrogen-bond donors (Lipinski definition) is 2. The third-order valence-corrected chi connectivity index (χ3v) is 6.26. The summed E-state index contributed by atoms with van der Waals surface area (Å²) in [4.78, 5) is 23.9.